The first kappa shape index (κ1) is 12.4. The number of halogens is 2. The lowest BCUT2D eigenvalue weighted by Gasteiger charge is -2.08. The van der Waals surface area contributed by atoms with Gasteiger partial charge < -0.3 is 4.74 Å². The maximum atomic E-state index is 11.0. The van der Waals surface area contributed by atoms with Gasteiger partial charge in [-0.25, -0.2) is 4.98 Å². The molecule has 0 fully saturated rings. The first-order chi connectivity index (χ1) is 8.17. The number of aromatic nitrogens is 1. The van der Waals surface area contributed by atoms with Crippen molar-refractivity contribution in [3.05, 3.63) is 33.4 Å². The summed E-state index contributed by atoms with van der Waals surface area (Å²) >= 11 is 13.3. The molecule has 0 amide bonds. The first-order valence-corrected chi connectivity index (χ1v) is 6.23. The molecular formula is C11H7Cl2NO2S. The van der Waals surface area contributed by atoms with E-state index in [1.54, 1.807) is 17.6 Å². The van der Waals surface area contributed by atoms with Crippen molar-refractivity contribution in [2.75, 3.05) is 7.11 Å². The molecule has 2 aromatic rings. The number of methoxy groups -OCH3 is 1. The number of rotatable bonds is 3. The van der Waals surface area contributed by atoms with Crippen LogP contribution in [-0.2, 0) is 0 Å². The predicted octanol–water partition coefficient (Wildman–Crippen LogP) is 3.94. The molecule has 0 aliphatic carbocycles. The Balaban J connectivity index is 2.67. The van der Waals surface area contributed by atoms with E-state index < -0.39 is 0 Å². The van der Waals surface area contributed by atoms with Crippen LogP contribution in [0.5, 0.6) is 5.75 Å². The van der Waals surface area contributed by atoms with Crippen molar-refractivity contribution in [3.63, 3.8) is 0 Å². The fourth-order valence-corrected chi connectivity index (χ4v) is 2.74. The summed E-state index contributed by atoms with van der Waals surface area (Å²) in [5.41, 5.74) is 2.75. The lowest BCUT2D eigenvalue weighted by atomic mass is 10.1. The molecule has 1 aromatic carbocycles. The Morgan fingerprint density at radius 1 is 1.41 bits per heavy atom. The molecule has 2 rings (SSSR count). The van der Waals surface area contributed by atoms with E-state index in [9.17, 15) is 4.79 Å². The summed E-state index contributed by atoms with van der Waals surface area (Å²) in [5, 5.41) is 0.751. The Hall–Kier alpha value is -1.10. The lowest BCUT2D eigenvalue weighted by molar-refractivity contribution is 0.112. The van der Waals surface area contributed by atoms with Crippen LogP contribution in [0, 0.1) is 0 Å². The minimum atomic E-state index is 0.363. The van der Waals surface area contributed by atoms with Gasteiger partial charge in [-0.05, 0) is 12.1 Å². The Kier molecular flexibility index (Phi) is 3.66. The highest BCUT2D eigenvalue weighted by atomic mass is 35.5. The van der Waals surface area contributed by atoms with Gasteiger partial charge in [-0.15, -0.1) is 11.3 Å². The van der Waals surface area contributed by atoms with E-state index in [1.807, 2.05) is 0 Å². The lowest BCUT2D eigenvalue weighted by Crippen LogP contribution is -1.91. The monoisotopic (exact) mass is 287 g/mol. The van der Waals surface area contributed by atoms with Crippen molar-refractivity contribution < 1.29 is 9.53 Å². The van der Waals surface area contributed by atoms with Gasteiger partial charge in [-0.1, -0.05) is 23.2 Å². The normalized spacial score (nSPS) is 10.3. The number of ether oxygens (including phenoxy) is 1. The van der Waals surface area contributed by atoms with Crippen LogP contribution in [-0.4, -0.2) is 18.4 Å². The Morgan fingerprint density at radius 2 is 2.18 bits per heavy atom. The van der Waals surface area contributed by atoms with E-state index in [-0.39, 0.29) is 0 Å². The average molecular weight is 288 g/mol. The fraction of sp³-hybridized carbons (Fsp3) is 0.0909. The fourth-order valence-electron chi connectivity index (χ4n) is 1.43. The number of nitrogens with zero attached hydrogens (tertiary/aromatic N) is 1. The number of thiazole rings is 1. The van der Waals surface area contributed by atoms with Gasteiger partial charge in [0.25, 0.3) is 0 Å². The molecule has 0 saturated heterocycles. The Bertz CT molecular complexity index is 569. The second-order valence-electron chi connectivity index (χ2n) is 3.16. The molecule has 0 radical (unpaired) electrons. The smallest absolute Gasteiger partial charge is 0.150 e. The van der Waals surface area contributed by atoms with Crippen LogP contribution >= 0.6 is 34.5 Å². The van der Waals surface area contributed by atoms with Crippen molar-refractivity contribution in [1.82, 2.24) is 4.98 Å². The summed E-state index contributed by atoms with van der Waals surface area (Å²) in [6, 6.07) is 3.24. The van der Waals surface area contributed by atoms with Crippen LogP contribution in [0.15, 0.2) is 17.6 Å². The quantitative estimate of drug-likeness (QED) is 0.803. The zero-order chi connectivity index (χ0) is 12.4. The molecule has 1 aromatic heterocycles. The summed E-state index contributed by atoms with van der Waals surface area (Å²) < 4.78 is 5.12. The van der Waals surface area contributed by atoms with E-state index in [2.05, 4.69) is 4.98 Å². The molecule has 0 N–H and O–H groups in total. The molecule has 1 heterocycles. The van der Waals surface area contributed by atoms with Crippen molar-refractivity contribution in [1.29, 1.82) is 0 Å². The van der Waals surface area contributed by atoms with Gasteiger partial charge in [-0.3, -0.25) is 4.79 Å². The van der Waals surface area contributed by atoms with Crippen molar-refractivity contribution >= 4 is 40.8 Å². The largest absolute Gasteiger partial charge is 0.495 e. The van der Waals surface area contributed by atoms with Gasteiger partial charge in [-0.2, -0.15) is 0 Å². The minimum absolute atomic E-state index is 0.363. The molecule has 88 valence electrons. The van der Waals surface area contributed by atoms with Crippen LogP contribution in [0.3, 0.4) is 0 Å². The molecule has 6 heteroatoms. The maximum Gasteiger partial charge on any atom is 0.150 e. The van der Waals surface area contributed by atoms with Crippen LogP contribution in [0.2, 0.25) is 10.2 Å². The highest BCUT2D eigenvalue weighted by Gasteiger charge is 2.14. The van der Waals surface area contributed by atoms with E-state index in [1.165, 1.54) is 18.4 Å². The highest BCUT2D eigenvalue weighted by Crippen LogP contribution is 2.38. The van der Waals surface area contributed by atoms with Gasteiger partial charge in [0, 0.05) is 11.1 Å². The summed E-state index contributed by atoms with van der Waals surface area (Å²) in [4.78, 5) is 15.7. The van der Waals surface area contributed by atoms with E-state index in [0.29, 0.717) is 27.1 Å². The van der Waals surface area contributed by atoms with E-state index >= 15 is 0 Å². The number of carbonyl (C=O) groups is 1. The first-order valence-electron chi connectivity index (χ1n) is 4.59. The van der Waals surface area contributed by atoms with Gasteiger partial charge >= 0.3 is 0 Å². The molecule has 0 atom stereocenters. The van der Waals surface area contributed by atoms with E-state index in [4.69, 9.17) is 27.9 Å². The molecule has 0 aliphatic heterocycles. The SMILES string of the molecule is COc1cc(-c2scnc2Cl)c(C=O)cc1Cl. The molecule has 0 spiro atoms. The number of benzene rings is 1. The summed E-state index contributed by atoms with van der Waals surface area (Å²) in [5.74, 6) is 0.497. The number of hydrogen-bond donors (Lipinski definition) is 0. The second kappa shape index (κ2) is 5.04. The third-order valence-electron chi connectivity index (χ3n) is 2.22. The summed E-state index contributed by atoms with van der Waals surface area (Å²) in [7, 11) is 1.51. The highest BCUT2D eigenvalue weighted by molar-refractivity contribution is 7.14. The molecule has 0 aliphatic rings. The standard InChI is InChI=1S/C11H7Cl2NO2S/c1-16-9-3-7(6(4-15)2-8(9)12)10-11(13)14-5-17-10/h2-5H,1H3. The van der Waals surface area contributed by atoms with E-state index in [0.717, 1.165) is 11.2 Å². The molecule has 17 heavy (non-hydrogen) atoms. The maximum absolute atomic E-state index is 11.0. The molecule has 0 unspecified atom stereocenters. The minimum Gasteiger partial charge on any atom is -0.495 e. The zero-order valence-electron chi connectivity index (χ0n) is 8.74. The molecule has 3 nitrogen and oxygen atoms in total. The third-order valence-corrected chi connectivity index (χ3v) is 3.77. The van der Waals surface area contributed by atoms with Crippen molar-refractivity contribution in [3.8, 4) is 16.2 Å². The van der Waals surface area contributed by atoms with Crippen molar-refractivity contribution in [2.24, 2.45) is 0 Å². The second-order valence-corrected chi connectivity index (χ2v) is 4.78. The average Bonchev–Trinajstić information content (AvgIpc) is 2.75. The number of carbonyl (C=O) groups excluding carboxylic acids is 1. The summed E-state index contributed by atoms with van der Waals surface area (Å²) in [6.07, 6.45) is 0.733. The van der Waals surface area contributed by atoms with Gasteiger partial charge in [0.15, 0.2) is 6.29 Å². The zero-order valence-corrected chi connectivity index (χ0v) is 11.1. The van der Waals surface area contributed by atoms with Crippen LogP contribution < -0.4 is 4.74 Å². The topological polar surface area (TPSA) is 39.2 Å². The van der Waals surface area contributed by atoms with Crippen molar-refractivity contribution in [2.45, 2.75) is 0 Å². The van der Waals surface area contributed by atoms with Gasteiger partial charge in [0.05, 0.1) is 22.5 Å². The Morgan fingerprint density at radius 3 is 2.71 bits per heavy atom. The Labute approximate surface area is 112 Å². The molecule has 0 saturated carbocycles. The third kappa shape index (κ3) is 2.29. The van der Waals surface area contributed by atoms with Crippen LogP contribution in [0.4, 0.5) is 0 Å². The number of aldehydes is 1. The van der Waals surface area contributed by atoms with Gasteiger partial charge in [0.1, 0.15) is 10.9 Å². The van der Waals surface area contributed by atoms with Gasteiger partial charge in [0.2, 0.25) is 0 Å². The molecule has 0 bridgehead atoms. The van der Waals surface area contributed by atoms with Crippen LogP contribution in [0.25, 0.3) is 10.4 Å². The summed E-state index contributed by atoms with van der Waals surface area (Å²) in [6.45, 7) is 0. The van der Waals surface area contributed by atoms with Crippen LogP contribution in [0.1, 0.15) is 10.4 Å². The number of hydrogen-bond acceptors (Lipinski definition) is 4. The predicted molar refractivity (Wildman–Crippen MR) is 69.5 cm³/mol. The molecular weight excluding hydrogens is 281 g/mol.